The summed E-state index contributed by atoms with van der Waals surface area (Å²) in [4.78, 5) is 29.6. The molecule has 1 aromatic rings. The van der Waals surface area contributed by atoms with Gasteiger partial charge in [-0.25, -0.2) is 4.39 Å². The van der Waals surface area contributed by atoms with Crippen LogP contribution in [0.2, 0.25) is 0 Å². The Morgan fingerprint density at radius 3 is 2.38 bits per heavy atom. The molecule has 0 bridgehead atoms. The molecule has 0 unspecified atom stereocenters. The Labute approximate surface area is 219 Å². The first-order valence-corrected chi connectivity index (χ1v) is 14.2. The first kappa shape index (κ1) is 26.1. The Bertz CT molecular complexity index is 1010. The Hall–Kier alpha value is -2.48. The molecule has 2 aliphatic heterocycles. The number of Topliss-reactive ketones (excluding diaryl/α,β-unsaturated/α-hetero) is 1. The second kappa shape index (κ2) is 11.9. The summed E-state index contributed by atoms with van der Waals surface area (Å²) in [6.45, 7) is 0.656. The molecule has 1 aromatic carbocycles. The summed E-state index contributed by atoms with van der Waals surface area (Å²) in [5.41, 5.74) is 8.71. The lowest BCUT2D eigenvalue weighted by Crippen LogP contribution is -2.48. The average Bonchev–Trinajstić information content (AvgIpc) is 3.64. The minimum absolute atomic E-state index is 0.0780. The molecule has 3 atom stereocenters. The minimum Gasteiger partial charge on any atom is -0.332 e. The molecule has 37 heavy (non-hydrogen) atoms. The van der Waals surface area contributed by atoms with Crippen LogP contribution in [0.3, 0.4) is 0 Å². The predicted molar refractivity (Wildman–Crippen MR) is 141 cm³/mol. The highest BCUT2D eigenvalue weighted by molar-refractivity contribution is 6.02. The molecule has 0 aromatic heterocycles. The summed E-state index contributed by atoms with van der Waals surface area (Å²) in [5, 5.41) is 11.7. The number of hydrogen-bond acceptors (Lipinski definition) is 6. The van der Waals surface area contributed by atoms with E-state index in [4.69, 9.17) is 5.73 Å². The number of benzene rings is 1. The highest BCUT2D eigenvalue weighted by Gasteiger charge is 2.46. The third kappa shape index (κ3) is 5.84. The van der Waals surface area contributed by atoms with E-state index in [-0.39, 0.29) is 35.5 Å². The molecule has 0 spiro atoms. The van der Waals surface area contributed by atoms with Crippen molar-refractivity contribution >= 4 is 17.4 Å². The molecule has 3 fully saturated rings. The maximum absolute atomic E-state index is 13.9. The number of carbonyl (C=O) groups excluding carboxylic acids is 2. The number of alkyl halides is 1. The van der Waals surface area contributed by atoms with Crippen LogP contribution in [-0.4, -0.2) is 54.1 Å². The zero-order chi connectivity index (χ0) is 25.8. The number of halogens is 1. The van der Waals surface area contributed by atoms with E-state index in [1.165, 1.54) is 19.3 Å². The lowest BCUT2D eigenvalue weighted by molar-refractivity contribution is -0.143. The third-order valence-electron chi connectivity index (χ3n) is 9.33. The molecule has 7 nitrogen and oxygen atoms in total. The maximum atomic E-state index is 13.9. The fourth-order valence-electron chi connectivity index (χ4n) is 7.17. The molecule has 4 aliphatic rings. The fourth-order valence-corrected chi connectivity index (χ4v) is 7.17. The Balaban J connectivity index is 1.29. The molecule has 1 amide bonds. The van der Waals surface area contributed by atoms with Crippen LogP contribution in [-0.2, 0) is 16.0 Å². The molecule has 0 radical (unpaired) electrons. The Morgan fingerprint density at radius 2 is 1.73 bits per heavy atom. The summed E-state index contributed by atoms with van der Waals surface area (Å²) in [5.74, 6) is 1.14. The van der Waals surface area contributed by atoms with Gasteiger partial charge < -0.3 is 10.6 Å². The van der Waals surface area contributed by atoms with E-state index in [9.17, 15) is 14.0 Å². The van der Waals surface area contributed by atoms with E-state index >= 15 is 0 Å². The van der Waals surface area contributed by atoms with Crippen molar-refractivity contribution in [2.24, 2.45) is 44.8 Å². The predicted octanol–water partition coefficient (Wildman–Crippen LogP) is 4.87. The van der Waals surface area contributed by atoms with E-state index in [0.717, 1.165) is 61.8 Å². The maximum Gasteiger partial charge on any atom is 0.226 e. The van der Waals surface area contributed by atoms with Crippen molar-refractivity contribution < 1.29 is 14.0 Å². The normalized spacial score (nSPS) is 29.4. The number of rotatable bonds is 8. The fraction of sp³-hybridized carbons (Fsp3) is 0.690. The van der Waals surface area contributed by atoms with Gasteiger partial charge in [0.25, 0.3) is 0 Å². The van der Waals surface area contributed by atoms with Gasteiger partial charge in [-0.1, -0.05) is 56.4 Å². The molecular weight excluding hydrogens is 469 g/mol. The van der Waals surface area contributed by atoms with Gasteiger partial charge >= 0.3 is 0 Å². The monoisotopic (exact) mass is 509 g/mol. The molecule has 2 heterocycles. The van der Waals surface area contributed by atoms with Crippen LogP contribution in [0.1, 0.15) is 75.3 Å². The SMILES string of the molecule is N[C@H](CF)C1CCC(C(=O)N2CC[C@@H](C3CCCCC3)[C@H]2C(=O)Cc2ccc(C3=NN=NC3)cc2)CC1. The summed E-state index contributed by atoms with van der Waals surface area (Å²) < 4.78 is 13.1. The Morgan fingerprint density at radius 1 is 1.00 bits per heavy atom. The summed E-state index contributed by atoms with van der Waals surface area (Å²) in [6.07, 6.45) is 10.4. The topological polar surface area (TPSA) is 100 Å². The van der Waals surface area contributed by atoms with E-state index in [1.807, 2.05) is 29.2 Å². The van der Waals surface area contributed by atoms with Gasteiger partial charge in [-0.15, -0.1) is 5.10 Å². The highest BCUT2D eigenvalue weighted by Crippen LogP contribution is 2.41. The van der Waals surface area contributed by atoms with Gasteiger partial charge in [0.15, 0.2) is 5.78 Å². The Kier molecular flexibility index (Phi) is 8.43. The molecule has 2 aliphatic carbocycles. The van der Waals surface area contributed by atoms with Crippen LogP contribution in [0, 0.1) is 23.7 Å². The summed E-state index contributed by atoms with van der Waals surface area (Å²) in [6, 6.07) is 7.17. The van der Waals surface area contributed by atoms with Crippen LogP contribution >= 0.6 is 0 Å². The van der Waals surface area contributed by atoms with Crippen molar-refractivity contribution in [3.63, 3.8) is 0 Å². The number of nitrogens with zero attached hydrogens (tertiary/aromatic N) is 4. The number of nitrogens with two attached hydrogens (primary N) is 1. The molecule has 1 saturated heterocycles. The summed E-state index contributed by atoms with van der Waals surface area (Å²) in [7, 11) is 0. The van der Waals surface area contributed by atoms with E-state index in [1.54, 1.807) is 0 Å². The van der Waals surface area contributed by atoms with Crippen molar-refractivity contribution in [1.82, 2.24) is 4.90 Å². The first-order valence-electron chi connectivity index (χ1n) is 14.2. The quantitative estimate of drug-likeness (QED) is 0.541. The van der Waals surface area contributed by atoms with Gasteiger partial charge in [-0.3, -0.25) is 9.59 Å². The van der Waals surface area contributed by atoms with Crippen molar-refractivity contribution in [1.29, 1.82) is 0 Å². The van der Waals surface area contributed by atoms with Crippen molar-refractivity contribution in [2.75, 3.05) is 19.8 Å². The van der Waals surface area contributed by atoms with E-state index in [0.29, 0.717) is 25.4 Å². The second-order valence-corrected chi connectivity index (χ2v) is 11.5. The van der Waals surface area contributed by atoms with Crippen LogP contribution in [0.4, 0.5) is 4.39 Å². The lowest BCUT2D eigenvalue weighted by Gasteiger charge is -2.37. The van der Waals surface area contributed by atoms with Gasteiger partial charge in [0.1, 0.15) is 13.2 Å². The van der Waals surface area contributed by atoms with Gasteiger partial charge in [0, 0.05) is 24.9 Å². The van der Waals surface area contributed by atoms with Crippen LogP contribution in [0.25, 0.3) is 0 Å². The van der Waals surface area contributed by atoms with Crippen molar-refractivity contribution in [3.8, 4) is 0 Å². The average molecular weight is 510 g/mol. The van der Waals surface area contributed by atoms with Gasteiger partial charge in [0.2, 0.25) is 5.91 Å². The van der Waals surface area contributed by atoms with E-state index < -0.39 is 12.7 Å². The minimum atomic E-state index is -0.505. The van der Waals surface area contributed by atoms with Crippen molar-refractivity contribution in [2.45, 2.75) is 82.7 Å². The smallest absolute Gasteiger partial charge is 0.226 e. The lowest BCUT2D eigenvalue weighted by atomic mass is 9.75. The second-order valence-electron chi connectivity index (χ2n) is 11.5. The zero-order valence-electron chi connectivity index (χ0n) is 21.7. The first-order chi connectivity index (χ1) is 18.0. The van der Waals surface area contributed by atoms with Crippen molar-refractivity contribution in [3.05, 3.63) is 35.4 Å². The number of carbonyl (C=O) groups is 2. The zero-order valence-corrected chi connectivity index (χ0v) is 21.7. The van der Waals surface area contributed by atoms with Gasteiger partial charge in [-0.05, 0) is 66.2 Å². The standard InChI is InChI=1S/C29H40FN5O2/c30-17-25(31)21-10-12-23(13-11-21)29(37)35-15-14-24(20-4-2-1-3-5-20)28(35)27(36)16-19-6-8-22(9-7-19)26-18-32-34-33-26/h6-9,20-21,23-25,28H,1-5,10-18,31H2/t21?,23?,24-,25+,28-/m0/s1. The van der Waals surface area contributed by atoms with Crippen LogP contribution < -0.4 is 5.73 Å². The van der Waals surface area contributed by atoms with Crippen LogP contribution in [0.15, 0.2) is 39.7 Å². The molecule has 5 rings (SSSR count). The summed E-state index contributed by atoms with van der Waals surface area (Å²) >= 11 is 0. The number of amides is 1. The molecule has 8 heteroatoms. The molecule has 2 saturated carbocycles. The molecule has 200 valence electrons. The number of ketones is 1. The number of likely N-dealkylation sites (tertiary alicyclic amines) is 1. The molecular formula is C29H40FN5O2. The third-order valence-corrected chi connectivity index (χ3v) is 9.33. The highest BCUT2D eigenvalue weighted by atomic mass is 19.1. The van der Waals surface area contributed by atoms with Gasteiger partial charge in [-0.2, -0.15) is 5.11 Å². The molecule has 2 N–H and O–H groups in total. The van der Waals surface area contributed by atoms with Crippen LogP contribution in [0.5, 0.6) is 0 Å². The largest absolute Gasteiger partial charge is 0.332 e. The van der Waals surface area contributed by atoms with Gasteiger partial charge in [0.05, 0.1) is 11.8 Å². The van der Waals surface area contributed by atoms with E-state index in [2.05, 4.69) is 15.4 Å². The number of hydrogen-bond donors (Lipinski definition) is 1.